The molecule has 0 aromatic heterocycles. The molecule has 0 amide bonds. The fraction of sp³-hybridized carbons (Fsp3) is 0.333. The Bertz CT molecular complexity index is 645. The molecule has 0 spiro atoms. The molecule has 3 rings (SSSR count). The fourth-order valence-electron chi connectivity index (χ4n) is 2.70. The van der Waals surface area contributed by atoms with Gasteiger partial charge in [0, 0.05) is 6.07 Å². The van der Waals surface area contributed by atoms with E-state index in [1.54, 1.807) is 6.07 Å². The highest BCUT2D eigenvalue weighted by atomic mass is 16.6. The summed E-state index contributed by atoms with van der Waals surface area (Å²) < 4.78 is 9.84. The van der Waals surface area contributed by atoms with Gasteiger partial charge in [-0.1, -0.05) is 12.1 Å². The Morgan fingerprint density at radius 2 is 2.20 bits per heavy atom. The highest BCUT2D eigenvalue weighted by molar-refractivity contribution is 5.97. The van der Waals surface area contributed by atoms with Gasteiger partial charge in [0.05, 0.1) is 24.0 Å². The molecular formula is C12H10N2O6. The van der Waals surface area contributed by atoms with E-state index in [4.69, 9.17) is 4.74 Å². The lowest BCUT2D eigenvalue weighted by molar-refractivity contribution is -0.386. The Kier molecular flexibility index (Phi) is 2.36. The third-order valence-electron chi connectivity index (χ3n) is 3.62. The number of esters is 2. The normalized spacial score (nSPS) is 30.4. The maximum absolute atomic E-state index is 11.9. The van der Waals surface area contributed by atoms with Gasteiger partial charge < -0.3 is 9.47 Å². The summed E-state index contributed by atoms with van der Waals surface area (Å²) in [5.74, 6) is -1.28. The van der Waals surface area contributed by atoms with Crippen LogP contribution < -0.4 is 5.32 Å². The van der Waals surface area contributed by atoms with E-state index in [0.717, 1.165) is 0 Å². The highest BCUT2D eigenvalue weighted by Gasteiger charge is 2.83. The number of benzene rings is 1. The predicted molar refractivity (Wildman–Crippen MR) is 63.4 cm³/mol. The SMILES string of the molecule is COC(=O)C12CC(=O)OC1(c1ccccc1[N+](=O)[O-])N2. The van der Waals surface area contributed by atoms with Crippen LogP contribution in [0.2, 0.25) is 0 Å². The summed E-state index contributed by atoms with van der Waals surface area (Å²) in [5, 5.41) is 13.9. The van der Waals surface area contributed by atoms with Gasteiger partial charge in [-0.25, -0.2) is 4.79 Å². The summed E-state index contributed by atoms with van der Waals surface area (Å²) in [6.07, 6.45) is -0.217. The first kappa shape index (κ1) is 12.5. The number of hydrogen-bond donors (Lipinski definition) is 1. The quantitative estimate of drug-likeness (QED) is 0.363. The largest absolute Gasteiger partial charge is 0.467 e. The van der Waals surface area contributed by atoms with Crippen molar-refractivity contribution in [3.05, 3.63) is 39.9 Å². The number of rotatable bonds is 3. The Morgan fingerprint density at radius 3 is 2.85 bits per heavy atom. The molecule has 2 saturated heterocycles. The van der Waals surface area contributed by atoms with Crippen LogP contribution in [0, 0.1) is 10.1 Å². The van der Waals surface area contributed by atoms with E-state index >= 15 is 0 Å². The molecular weight excluding hydrogens is 268 g/mol. The Balaban J connectivity index is 2.13. The van der Waals surface area contributed by atoms with Crippen LogP contribution in [-0.4, -0.2) is 29.5 Å². The smallest absolute Gasteiger partial charge is 0.332 e. The number of nitrogens with zero attached hydrogens (tertiary/aromatic N) is 1. The molecule has 2 aliphatic heterocycles. The number of carbonyl (C=O) groups is 2. The van der Waals surface area contributed by atoms with E-state index < -0.39 is 28.1 Å². The van der Waals surface area contributed by atoms with Crippen molar-refractivity contribution in [2.45, 2.75) is 17.7 Å². The number of nitro benzene ring substituents is 1. The lowest BCUT2D eigenvalue weighted by Crippen LogP contribution is -2.31. The zero-order chi connectivity index (χ0) is 14.5. The minimum atomic E-state index is -1.50. The van der Waals surface area contributed by atoms with Crippen molar-refractivity contribution < 1.29 is 24.0 Å². The molecule has 0 aliphatic carbocycles. The molecule has 1 N–H and O–H groups in total. The van der Waals surface area contributed by atoms with Gasteiger partial charge in [0.15, 0.2) is 5.54 Å². The fourth-order valence-corrected chi connectivity index (χ4v) is 2.70. The van der Waals surface area contributed by atoms with Crippen molar-refractivity contribution in [2.24, 2.45) is 0 Å². The minimum Gasteiger partial charge on any atom is -0.467 e. The van der Waals surface area contributed by atoms with Gasteiger partial charge >= 0.3 is 11.9 Å². The summed E-state index contributed by atoms with van der Waals surface area (Å²) in [4.78, 5) is 33.9. The number of nitrogens with one attached hydrogen (secondary N) is 1. The molecule has 0 radical (unpaired) electrons. The number of fused-ring (bicyclic) bond motifs is 1. The zero-order valence-corrected chi connectivity index (χ0v) is 10.4. The molecule has 20 heavy (non-hydrogen) atoms. The summed E-state index contributed by atoms with van der Waals surface area (Å²) in [7, 11) is 1.18. The number of ether oxygens (including phenoxy) is 2. The summed E-state index contributed by atoms with van der Waals surface area (Å²) in [5.41, 5.74) is -2.95. The molecule has 1 aromatic carbocycles. The molecule has 0 bridgehead atoms. The topological polar surface area (TPSA) is 118 Å². The number of nitro groups is 1. The van der Waals surface area contributed by atoms with Crippen LogP contribution in [0.15, 0.2) is 24.3 Å². The van der Waals surface area contributed by atoms with Gasteiger partial charge in [0.2, 0.25) is 5.72 Å². The highest BCUT2D eigenvalue weighted by Crippen LogP contribution is 2.57. The summed E-state index contributed by atoms with van der Waals surface area (Å²) in [6, 6.07) is 5.81. The molecule has 2 fully saturated rings. The Labute approximate surface area is 112 Å². The van der Waals surface area contributed by atoms with Gasteiger partial charge in [-0.3, -0.25) is 20.2 Å². The van der Waals surface area contributed by atoms with Gasteiger partial charge in [0.25, 0.3) is 5.69 Å². The van der Waals surface area contributed by atoms with Crippen molar-refractivity contribution in [1.29, 1.82) is 0 Å². The van der Waals surface area contributed by atoms with Crippen LogP contribution in [-0.2, 0) is 24.8 Å². The molecule has 2 unspecified atom stereocenters. The molecule has 2 heterocycles. The van der Waals surface area contributed by atoms with E-state index in [-0.39, 0.29) is 17.7 Å². The number of carbonyl (C=O) groups excluding carboxylic acids is 2. The lowest BCUT2D eigenvalue weighted by atomic mass is 9.94. The zero-order valence-electron chi connectivity index (χ0n) is 10.4. The molecule has 0 saturated carbocycles. The molecule has 2 aliphatic rings. The monoisotopic (exact) mass is 278 g/mol. The first-order valence-corrected chi connectivity index (χ1v) is 5.80. The van der Waals surface area contributed by atoms with Crippen LogP contribution in [0.3, 0.4) is 0 Å². The third kappa shape index (κ3) is 1.33. The van der Waals surface area contributed by atoms with Crippen molar-refractivity contribution in [1.82, 2.24) is 5.32 Å². The first-order valence-electron chi connectivity index (χ1n) is 5.80. The minimum absolute atomic E-state index is 0.140. The Hall–Kier alpha value is -2.48. The molecule has 8 heteroatoms. The molecule has 104 valence electrons. The lowest BCUT2D eigenvalue weighted by Gasteiger charge is -2.12. The Morgan fingerprint density at radius 1 is 1.50 bits per heavy atom. The van der Waals surface area contributed by atoms with Crippen LogP contribution in [0.4, 0.5) is 5.69 Å². The van der Waals surface area contributed by atoms with Crippen LogP contribution in [0.1, 0.15) is 12.0 Å². The van der Waals surface area contributed by atoms with E-state index in [9.17, 15) is 19.7 Å². The molecule has 1 aromatic rings. The second kappa shape index (κ2) is 3.76. The van der Waals surface area contributed by atoms with Crippen LogP contribution in [0.25, 0.3) is 0 Å². The van der Waals surface area contributed by atoms with Crippen LogP contribution in [0.5, 0.6) is 0 Å². The maximum Gasteiger partial charge on any atom is 0.332 e. The van der Waals surface area contributed by atoms with E-state index in [2.05, 4.69) is 10.1 Å². The average Bonchev–Trinajstić information content (AvgIpc) is 2.97. The van der Waals surface area contributed by atoms with E-state index in [0.29, 0.717) is 0 Å². The van der Waals surface area contributed by atoms with Crippen molar-refractivity contribution in [3.63, 3.8) is 0 Å². The second-order valence-corrected chi connectivity index (χ2v) is 4.63. The second-order valence-electron chi connectivity index (χ2n) is 4.63. The van der Waals surface area contributed by atoms with Gasteiger partial charge in [-0.15, -0.1) is 0 Å². The van der Waals surface area contributed by atoms with E-state index in [1.165, 1.54) is 25.3 Å². The number of methoxy groups -OCH3 is 1. The van der Waals surface area contributed by atoms with Gasteiger partial charge in [0.1, 0.15) is 0 Å². The molecule has 2 atom stereocenters. The van der Waals surface area contributed by atoms with E-state index in [1.807, 2.05) is 0 Å². The summed E-state index contributed by atoms with van der Waals surface area (Å²) in [6.45, 7) is 0. The average molecular weight is 278 g/mol. The predicted octanol–water partition coefficient (Wildman–Crippen LogP) is 0.209. The standard InChI is InChI=1S/C12H10N2O6/c1-19-10(16)11-6-9(15)20-12(11,13-11)7-4-2-3-5-8(7)14(17)18/h2-5,13H,6H2,1H3. The van der Waals surface area contributed by atoms with Crippen LogP contribution >= 0.6 is 0 Å². The number of para-hydroxylation sites is 1. The van der Waals surface area contributed by atoms with Gasteiger partial charge in [-0.05, 0) is 6.07 Å². The first-order chi connectivity index (χ1) is 9.47. The summed E-state index contributed by atoms with van der Waals surface area (Å²) >= 11 is 0. The third-order valence-corrected chi connectivity index (χ3v) is 3.62. The molecule has 8 nitrogen and oxygen atoms in total. The van der Waals surface area contributed by atoms with Crippen molar-refractivity contribution >= 4 is 17.6 Å². The van der Waals surface area contributed by atoms with Crippen molar-refractivity contribution in [2.75, 3.05) is 7.11 Å². The maximum atomic E-state index is 11.9. The van der Waals surface area contributed by atoms with Crippen molar-refractivity contribution in [3.8, 4) is 0 Å². The number of hydrogen-bond acceptors (Lipinski definition) is 7. The van der Waals surface area contributed by atoms with Gasteiger partial charge in [-0.2, -0.15) is 0 Å².